The summed E-state index contributed by atoms with van der Waals surface area (Å²) in [5.74, 6) is -3.61. The van der Waals surface area contributed by atoms with Crippen LogP contribution in [0.3, 0.4) is 0 Å². The molecule has 1 aromatic heterocycles. The molecule has 0 radical (unpaired) electrons. The number of rotatable bonds is 1. The summed E-state index contributed by atoms with van der Waals surface area (Å²) in [7, 11) is 0. The van der Waals surface area contributed by atoms with E-state index < -0.39 is 46.1 Å². The van der Waals surface area contributed by atoms with E-state index in [1.54, 1.807) is 0 Å². The molecule has 2 aliphatic heterocycles. The van der Waals surface area contributed by atoms with Crippen molar-refractivity contribution in [2.45, 2.75) is 43.4 Å². The van der Waals surface area contributed by atoms with Gasteiger partial charge in [-0.1, -0.05) is 0 Å². The largest absolute Gasteiger partial charge is 0.494 e. The maximum atomic E-state index is 13.3. The van der Waals surface area contributed by atoms with Crippen LogP contribution in [0.15, 0.2) is 18.2 Å². The van der Waals surface area contributed by atoms with Gasteiger partial charge in [0.2, 0.25) is 11.8 Å². The fourth-order valence-corrected chi connectivity index (χ4v) is 4.35. The van der Waals surface area contributed by atoms with Crippen LogP contribution in [0.5, 0.6) is 11.8 Å². The summed E-state index contributed by atoms with van der Waals surface area (Å²) in [6, 6.07) is 4.16. The van der Waals surface area contributed by atoms with Crippen molar-refractivity contribution in [2.75, 3.05) is 0 Å². The Hall–Kier alpha value is -2.74. The molecule has 148 valence electrons. The van der Waals surface area contributed by atoms with Gasteiger partial charge in [-0.3, -0.25) is 4.57 Å². The Morgan fingerprint density at radius 1 is 1.14 bits per heavy atom. The van der Waals surface area contributed by atoms with Gasteiger partial charge in [0.25, 0.3) is 0 Å². The van der Waals surface area contributed by atoms with Crippen molar-refractivity contribution in [1.82, 2.24) is 4.57 Å². The SMILES string of the molecule is CC12CC(O)(O)C(C)(O1)c1c2c(O)n(-c2ccc(C#N)c(C(F)(F)F)c2)c1O. The van der Waals surface area contributed by atoms with Crippen LogP contribution < -0.4 is 0 Å². The van der Waals surface area contributed by atoms with Crippen molar-refractivity contribution in [3.8, 4) is 23.5 Å². The van der Waals surface area contributed by atoms with Crippen molar-refractivity contribution in [1.29, 1.82) is 5.26 Å². The summed E-state index contributed by atoms with van der Waals surface area (Å²) < 4.78 is 46.3. The van der Waals surface area contributed by atoms with Gasteiger partial charge in [0.05, 0.1) is 34.0 Å². The molecule has 0 saturated carbocycles. The van der Waals surface area contributed by atoms with Gasteiger partial charge < -0.3 is 25.2 Å². The number of alkyl halides is 3. The predicted octanol–water partition coefficient (Wildman–Crippen LogP) is 2.32. The molecule has 4 N–H and O–H groups in total. The first-order valence-electron chi connectivity index (χ1n) is 8.21. The monoisotopic (exact) mass is 396 g/mol. The van der Waals surface area contributed by atoms with Crippen LogP contribution in [0.2, 0.25) is 0 Å². The van der Waals surface area contributed by atoms with E-state index in [1.165, 1.54) is 19.9 Å². The molecule has 0 spiro atoms. The van der Waals surface area contributed by atoms with Gasteiger partial charge in [-0.25, -0.2) is 0 Å². The molecular formula is C18H15F3N2O5. The van der Waals surface area contributed by atoms with Crippen LogP contribution in [0.25, 0.3) is 5.69 Å². The quantitative estimate of drug-likeness (QED) is 0.550. The summed E-state index contributed by atoms with van der Waals surface area (Å²) in [5.41, 5.74) is -5.27. The van der Waals surface area contributed by atoms with E-state index in [4.69, 9.17) is 10.00 Å². The van der Waals surface area contributed by atoms with E-state index >= 15 is 0 Å². The summed E-state index contributed by atoms with van der Waals surface area (Å²) in [5, 5.41) is 50.9. The number of fused-ring (bicyclic) bond motifs is 5. The van der Waals surface area contributed by atoms with Gasteiger partial charge in [-0.15, -0.1) is 0 Å². The number of halogens is 3. The number of nitriles is 1. The van der Waals surface area contributed by atoms with Crippen LogP contribution in [0.1, 0.15) is 42.5 Å². The van der Waals surface area contributed by atoms with Gasteiger partial charge in [0.1, 0.15) is 5.60 Å². The van der Waals surface area contributed by atoms with Crippen molar-refractivity contribution >= 4 is 0 Å². The van der Waals surface area contributed by atoms with E-state index in [9.17, 15) is 33.6 Å². The maximum Gasteiger partial charge on any atom is 0.417 e. The van der Waals surface area contributed by atoms with E-state index in [0.29, 0.717) is 6.07 Å². The highest BCUT2D eigenvalue weighted by atomic mass is 19.4. The minimum atomic E-state index is -4.83. The van der Waals surface area contributed by atoms with Crippen LogP contribution in [0, 0.1) is 11.3 Å². The second-order valence-corrected chi connectivity index (χ2v) is 7.43. The predicted molar refractivity (Wildman–Crippen MR) is 86.4 cm³/mol. The van der Waals surface area contributed by atoms with Crippen molar-refractivity contribution in [2.24, 2.45) is 0 Å². The smallest absolute Gasteiger partial charge is 0.417 e. The second kappa shape index (κ2) is 5.00. The van der Waals surface area contributed by atoms with E-state index in [2.05, 4.69) is 0 Å². The second-order valence-electron chi connectivity index (χ2n) is 7.43. The average molecular weight is 396 g/mol. The van der Waals surface area contributed by atoms with Gasteiger partial charge in [0.15, 0.2) is 11.4 Å². The lowest BCUT2D eigenvalue weighted by molar-refractivity contribution is -0.242. The molecule has 28 heavy (non-hydrogen) atoms. The normalized spacial score (nSPS) is 27.6. The lowest BCUT2D eigenvalue weighted by Gasteiger charge is -2.33. The molecule has 2 unspecified atom stereocenters. The highest BCUT2D eigenvalue weighted by Crippen LogP contribution is 2.67. The zero-order valence-corrected chi connectivity index (χ0v) is 14.7. The zero-order chi connectivity index (χ0) is 20.9. The van der Waals surface area contributed by atoms with Gasteiger partial charge in [0, 0.05) is 6.42 Å². The topological polar surface area (TPSA) is 119 Å². The molecule has 10 heteroatoms. The van der Waals surface area contributed by atoms with E-state index in [-0.39, 0.29) is 23.2 Å². The highest BCUT2D eigenvalue weighted by molar-refractivity contribution is 5.62. The molecule has 3 heterocycles. The van der Waals surface area contributed by atoms with E-state index in [1.807, 2.05) is 0 Å². The molecule has 2 aromatic rings. The Kier molecular flexibility index (Phi) is 3.32. The summed E-state index contributed by atoms with van der Waals surface area (Å²) >= 11 is 0. The molecule has 2 aliphatic rings. The van der Waals surface area contributed by atoms with Crippen LogP contribution in [0.4, 0.5) is 13.2 Å². The summed E-state index contributed by atoms with van der Waals surface area (Å²) in [4.78, 5) is 0. The number of hydrogen-bond acceptors (Lipinski definition) is 6. The Labute approximate surface area is 156 Å². The Morgan fingerprint density at radius 3 is 2.32 bits per heavy atom. The number of aliphatic hydroxyl groups is 2. The number of aromatic nitrogens is 1. The third-order valence-electron chi connectivity index (χ3n) is 5.59. The Morgan fingerprint density at radius 2 is 1.75 bits per heavy atom. The molecule has 7 nitrogen and oxygen atoms in total. The standard InChI is InChI=1S/C18H15F3N2O5/c1-15-7-17(26,27)16(2,28-15)12-11(15)13(24)23(14(12)25)9-4-3-8(6-22)10(5-9)18(19,20)21/h3-5,24-27H,7H2,1-2H3. The minimum absolute atomic E-state index is 0.0733. The van der Waals surface area contributed by atoms with Gasteiger partial charge >= 0.3 is 6.18 Å². The number of hydrogen-bond donors (Lipinski definition) is 4. The third kappa shape index (κ3) is 2.03. The van der Waals surface area contributed by atoms with Crippen LogP contribution in [-0.4, -0.2) is 30.8 Å². The van der Waals surface area contributed by atoms with E-state index in [0.717, 1.165) is 16.7 Å². The number of nitrogens with zero attached hydrogens (tertiary/aromatic N) is 2. The molecule has 4 rings (SSSR count). The first kappa shape index (κ1) is 18.6. The molecule has 2 bridgehead atoms. The molecule has 1 aromatic carbocycles. The first-order chi connectivity index (χ1) is 12.8. The Balaban J connectivity index is 1.99. The Bertz CT molecular complexity index is 1070. The van der Waals surface area contributed by atoms with Crippen molar-refractivity contribution in [3.05, 3.63) is 40.5 Å². The lowest BCUT2D eigenvalue weighted by atomic mass is 9.76. The minimum Gasteiger partial charge on any atom is -0.494 e. The molecule has 1 saturated heterocycles. The molecule has 2 atom stereocenters. The molecule has 0 aliphatic carbocycles. The third-order valence-corrected chi connectivity index (χ3v) is 5.59. The molecule has 0 amide bonds. The van der Waals surface area contributed by atoms with Crippen LogP contribution >= 0.6 is 0 Å². The van der Waals surface area contributed by atoms with Crippen molar-refractivity contribution in [3.63, 3.8) is 0 Å². The first-order valence-corrected chi connectivity index (χ1v) is 8.21. The van der Waals surface area contributed by atoms with Crippen LogP contribution in [-0.2, 0) is 22.1 Å². The fourth-order valence-electron chi connectivity index (χ4n) is 4.35. The zero-order valence-electron chi connectivity index (χ0n) is 14.7. The molecular weight excluding hydrogens is 381 g/mol. The number of benzene rings is 1. The van der Waals surface area contributed by atoms with Crippen molar-refractivity contribution < 1.29 is 38.3 Å². The average Bonchev–Trinajstić information content (AvgIpc) is 3.05. The number of ether oxygens (including phenoxy) is 1. The van der Waals surface area contributed by atoms with Gasteiger partial charge in [-0.2, -0.15) is 18.4 Å². The highest BCUT2D eigenvalue weighted by Gasteiger charge is 2.71. The maximum absolute atomic E-state index is 13.3. The molecule has 1 fully saturated rings. The fraction of sp³-hybridized carbons (Fsp3) is 0.389. The summed E-state index contributed by atoms with van der Waals surface area (Å²) in [6.07, 6.45) is -5.13. The number of aromatic hydroxyl groups is 2. The lowest BCUT2D eigenvalue weighted by Crippen LogP contribution is -2.47. The van der Waals surface area contributed by atoms with Gasteiger partial charge in [-0.05, 0) is 32.0 Å². The summed E-state index contributed by atoms with van der Waals surface area (Å²) in [6.45, 7) is 2.79.